The number of amides is 2. The van der Waals surface area contributed by atoms with Gasteiger partial charge in [-0.25, -0.2) is 8.78 Å². The van der Waals surface area contributed by atoms with E-state index in [0.29, 0.717) is 26.3 Å². The van der Waals surface area contributed by atoms with Crippen LogP contribution in [0.5, 0.6) is 0 Å². The molecule has 130 valence electrons. The Hall–Kier alpha value is -2.87. The van der Waals surface area contributed by atoms with E-state index in [4.69, 9.17) is 4.74 Å². The lowest BCUT2D eigenvalue weighted by Crippen LogP contribution is -2.40. The standard InChI is InChI=1S/C17H15F2N3O3/c18-12-2-1-3-13(19)15(12)21-16(23)14-10-11(4-5-20-14)17(24)22-6-8-25-9-7-22/h1-5,10H,6-9H2,(H,21,23). The minimum Gasteiger partial charge on any atom is -0.378 e. The number of pyridine rings is 1. The predicted octanol–water partition coefficient (Wildman–Crippen LogP) is 2.08. The Bertz CT molecular complexity index is 787. The molecule has 1 aliphatic heterocycles. The molecule has 0 spiro atoms. The number of hydrogen-bond donors (Lipinski definition) is 1. The lowest BCUT2D eigenvalue weighted by molar-refractivity contribution is 0.0303. The summed E-state index contributed by atoms with van der Waals surface area (Å²) in [5.41, 5.74) is -0.392. The maximum absolute atomic E-state index is 13.6. The van der Waals surface area contributed by atoms with E-state index in [9.17, 15) is 18.4 Å². The third-order valence-corrected chi connectivity index (χ3v) is 3.74. The van der Waals surface area contributed by atoms with Crippen molar-refractivity contribution in [2.75, 3.05) is 31.6 Å². The van der Waals surface area contributed by atoms with Crippen LogP contribution in [0.4, 0.5) is 14.5 Å². The number of halogens is 2. The zero-order valence-electron chi connectivity index (χ0n) is 13.2. The summed E-state index contributed by atoms with van der Waals surface area (Å²) < 4.78 is 32.5. The second-order valence-corrected chi connectivity index (χ2v) is 5.39. The highest BCUT2D eigenvalue weighted by Gasteiger charge is 2.20. The fraction of sp³-hybridized carbons (Fsp3) is 0.235. The normalized spacial score (nSPS) is 14.2. The van der Waals surface area contributed by atoms with Crippen molar-refractivity contribution in [1.29, 1.82) is 0 Å². The van der Waals surface area contributed by atoms with Gasteiger partial charge in [-0.05, 0) is 24.3 Å². The average molecular weight is 347 g/mol. The molecule has 2 heterocycles. The van der Waals surface area contributed by atoms with Crippen LogP contribution < -0.4 is 5.32 Å². The molecule has 1 N–H and O–H groups in total. The summed E-state index contributed by atoms with van der Waals surface area (Å²) in [5, 5.41) is 2.14. The van der Waals surface area contributed by atoms with Crippen molar-refractivity contribution in [2.24, 2.45) is 0 Å². The summed E-state index contributed by atoms with van der Waals surface area (Å²) in [6, 6.07) is 6.04. The van der Waals surface area contributed by atoms with Gasteiger partial charge in [-0.15, -0.1) is 0 Å². The second kappa shape index (κ2) is 7.35. The smallest absolute Gasteiger partial charge is 0.274 e. The van der Waals surface area contributed by atoms with Gasteiger partial charge in [-0.1, -0.05) is 6.07 Å². The van der Waals surface area contributed by atoms with Crippen LogP contribution in [0.1, 0.15) is 20.8 Å². The van der Waals surface area contributed by atoms with Gasteiger partial charge in [0.1, 0.15) is 23.0 Å². The maximum Gasteiger partial charge on any atom is 0.274 e. The Morgan fingerprint density at radius 2 is 1.80 bits per heavy atom. The van der Waals surface area contributed by atoms with Crippen molar-refractivity contribution >= 4 is 17.5 Å². The molecule has 2 aromatic rings. The first kappa shape index (κ1) is 17.0. The van der Waals surface area contributed by atoms with Gasteiger partial charge in [0.2, 0.25) is 0 Å². The number of aromatic nitrogens is 1. The van der Waals surface area contributed by atoms with Gasteiger partial charge in [0.05, 0.1) is 13.2 Å². The number of anilines is 1. The van der Waals surface area contributed by atoms with Crippen LogP contribution in [0.2, 0.25) is 0 Å². The molecule has 25 heavy (non-hydrogen) atoms. The topological polar surface area (TPSA) is 71.5 Å². The van der Waals surface area contributed by atoms with Crippen LogP contribution in [-0.2, 0) is 4.74 Å². The molecule has 0 radical (unpaired) electrons. The fourth-order valence-corrected chi connectivity index (χ4v) is 2.43. The van der Waals surface area contributed by atoms with Crippen LogP contribution in [0, 0.1) is 11.6 Å². The first-order valence-electron chi connectivity index (χ1n) is 7.64. The molecule has 1 aliphatic rings. The monoisotopic (exact) mass is 347 g/mol. The first-order chi connectivity index (χ1) is 12.1. The molecule has 0 saturated carbocycles. The average Bonchev–Trinajstić information content (AvgIpc) is 2.65. The summed E-state index contributed by atoms with van der Waals surface area (Å²) in [6.45, 7) is 1.83. The highest BCUT2D eigenvalue weighted by Crippen LogP contribution is 2.19. The summed E-state index contributed by atoms with van der Waals surface area (Å²) in [7, 11) is 0. The lowest BCUT2D eigenvalue weighted by Gasteiger charge is -2.26. The van der Waals surface area contributed by atoms with E-state index in [-0.39, 0.29) is 17.2 Å². The lowest BCUT2D eigenvalue weighted by atomic mass is 10.2. The molecule has 8 heteroatoms. The highest BCUT2D eigenvalue weighted by molar-refractivity contribution is 6.04. The summed E-state index contributed by atoms with van der Waals surface area (Å²) >= 11 is 0. The van der Waals surface area contributed by atoms with E-state index in [1.807, 2.05) is 0 Å². The Morgan fingerprint density at radius 1 is 1.12 bits per heavy atom. The molecule has 0 aliphatic carbocycles. The van der Waals surface area contributed by atoms with Crippen molar-refractivity contribution in [3.05, 3.63) is 59.4 Å². The molecular formula is C17H15F2N3O3. The molecule has 3 rings (SSSR count). The van der Waals surface area contributed by atoms with Crippen LogP contribution in [0.15, 0.2) is 36.5 Å². The molecule has 6 nitrogen and oxygen atoms in total. The second-order valence-electron chi connectivity index (χ2n) is 5.39. The Morgan fingerprint density at radius 3 is 2.48 bits per heavy atom. The third-order valence-electron chi connectivity index (χ3n) is 3.74. The van der Waals surface area contributed by atoms with Gasteiger partial charge < -0.3 is 15.0 Å². The fourth-order valence-electron chi connectivity index (χ4n) is 2.43. The molecule has 1 aromatic carbocycles. The Balaban J connectivity index is 1.78. The Labute approximate surface area is 142 Å². The maximum atomic E-state index is 13.6. The van der Waals surface area contributed by atoms with E-state index in [0.717, 1.165) is 12.1 Å². The van der Waals surface area contributed by atoms with Gasteiger partial charge >= 0.3 is 0 Å². The van der Waals surface area contributed by atoms with Crippen LogP contribution in [-0.4, -0.2) is 48.0 Å². The van der Waals surface area contributed by atoms with Crippen molar-refractivity contribution in [3.63, 3.8) is 0 Å². The van der Waals surface area contributed by atoms with E-state index in [1.165, 1.54) is 24.4 Å². The minimum absolute atomic E-state index is 0.109. The van der Waals surface area contributed by atoms with Crippen molar-refractivity contribution in [2.45, 2.75) is 0 Å². The SMILES string of the molecule is O=C(Nc1c(F)cccc1F)c1cc(C(=O)N2CCOCC2)ccn1. The molecule has 0 bridgehead atoms. The largest absolute Gasteiger partial charge is 0.378 e. The van der Waals surface area contributed by atoms with Crippen molar-refractivity contribution in [3.8, 4) is 0 Å². The van der Waals surface area contributed by atoms with Gasteiger partial charge in [0.15, 0.2) is 0 Å². The number of para-hydroxylation sites is 1. The van der Waals surface area contributed by atoms with Gasteiger partial charge in [0, 0.05) is 24.8 Å². The predicted molar refractivity (Wildman–Crippen MR) is 85.3 cm³/mol. The number of nitrogens with one attached hydrogen (secondary N) is 1. The first-order valence-corrected chi connectivity index (χ1v) is 7.64. The molecular weight excluding hydrogens is 332 g/mol. The number of benzene rings is 1. The van der Waals surface area contributed by atoms with Gasteiger partial charge in [-0.3, -0.25) is 14.6 Å². The molecule has 1 saturated heterocycles. The number of morpholine rings is 1. The van der Waals surface area contributed by atoms with Crippen LogP contribution >= 0.6 is 0 Å². The number of carbonyl (C=O) groups is 2. The number of carbonyl (C=O) groups excluding carboxylic acids is 2. The summed E-state index contributed by atoms with van der Waals surface area (Å²) in [5.74, 6) is -2.85. The number of rotatable bonds is 3. The Kier molecular flexibility index (Phi) is 4.99. The van der Waals surface area contributed by atoms with E-state index < -0.39 is 23.2 Å². The molecule has 0 atom stereocenters. The van der Waals surface area contributed by atoms with E-state index >= 15 is 0 Å². The minimum atomic E-state index is -0.895. The third kappa shape index (κ3) is 3.80. The van der Waals surface area contributed by atoms with E-state index in [1.54, 1.807) is 4.90 Å². The quantitative estimate of drug-likeness (QED) is 0.923. The molecule has 1 aromatic heterocycles. The van der Waals surface area contributed by atoms with E-state index in [2.05, 4.69) is 10.3 Å². The zero-order chi connectivity index (χ0) is 17.8. The van der Waals surface area contributed by atoms with Gasteiger partial charge in [-0.2, -0.15) is 0 Å². The number of nitrogens with zero attached hydrogens (tertiary/aromatic N) is 2. The van der Waals surface area contributed by atoms with Crippen LogP contribution in [0.25, 0.3) is 0 Å². The molecule has 2 amide bonds. The van der Waals surface area contributed by atoms with Crippen LogP contribution in [0.3, 0.4) is 0 Å². The summed E-state index contributed by atoms with van der Waals surface area (Å²) in [6.07, 6.45) is 1.31. The molecule has 1 fully saturated rings. The molecule has 0 unspecified atom stereocenters. The van der Waals surface area contributed by atoms with Gasteiger partial charge in [0.25, 0.3) is 11.8 Å². The highest BCUT2D eigenvalue weighted by atomic mass is 19.1. The number of ether oxygens (including phenoxy) is 1. The van der Waals surface area contributed by atoms with Crippen molar-refractivity contribution < 1.29 is 23.1 Å². The summed E-state index contributed by atoms with van der Waals surface area (Å²) in [4.78, 5) is 30.1. The van der Waals surface area contributed by atoms with Crippen molar-refractivity contribution in [1.82, 2.24) is 9.88 Å². The number of hydrogen-bond acceptors (Lipinski definition) is 4. The zero-order valence-corrected chi connectivity index (χ0v) is 13.2.